The van der Waals surface area contributed by atoms with Gasteiger partial charge in [0, 0.05) is 24.3 Å². The molecule has 0 aliphatic heterocycles. The van der Waals surface area contributed by atoms with E-state index in [1.807, 2.05) is 71.9 Å². The molecule has 0 saturated carbocycles. The highest BCUT2D eigenvalue weighted by Crippen LogP contribution is 2.53. The molecular formula is C43H64O9S. The highest BCUT2D eigenvalue weighted by Gasteiger charge is 2.45. The summed E-state index contributed by atoms with van der Waals surface area (Å²) < 4.78 is 40.5. The van der Waals surface area contributed by atoms with Gasteiger partial charge in [-0.3, -0.25) is 0 Å². The largest absolute Gasteiger partial charge is 0.565 e. The van der Waals surface area contributed by atoms with Crippen molar-refractivity contribution in [3.05, 3.63) is 54.6 Å². The van der Waals surface area contributed by atoms with E-state index in [0.717, 1.165) is 14.7 Å². The summed E-state index contributed by atoms with van der Waals surface area (Å²) in [6.45, 7) is 36.9. The van der Waals surface area contributed by atoms with Gasteiger partial charge in [-0.25, -0.2) is 0 Å². The molecule has 0 amide bonds. The Hall–Kier alpha value is -3.92. The predicted molar refractivity (Wildman–Crippen MR) is 212 cm³/mol. The third-order valence-electron chi connectivity index (χ3n) is 5.89. The van der Waals surface area contributed by atoms with Crippen LogP contribution in [0.25, 0.3) is 0 Å². The molecule has 296 valence electrons. The second-order valence-corrected chi connectivity index (χ2v) is 20.6. The average Bonchev–Trinajstić information content (AvgIpc) is 2.86. The molecular weight excluding hydrogens is 693 g/mol. The SMILES string of the molecule is CC(C)(C)Oc1cc(OC(C)(C)C)c([S+](c2ccccc2)c2c(OC(C)(C)C)cc(OC(C)(C)C)cc2OC(C)(C)C)c(OC(C)(C)C)c1.O=C([O-])O. The number of hydrogen-bond donors (Lipinski definition) is 1. The standard InChI is InChI=1S/C42H63O6S.CH2O3/c1-37(2,3)43-28-24-31(45-39(7,8)9)35(32(25-28)46-40(10,11)12)49(30-22-20-19-21-23-30)36-33(47-41(13,14)15)26-29(44-38(4,5)6)27-34(36)48-42(16,17)18;2-1(3)4/h19-27H,1-18H3;(H2,2,3,4)/q+1;/p-1. The number of ether oxygens (including phenoxy) is 6. The molecule has 0 aromatic heterocycles. The third-order valence-corrected chi connectivity index (χ3v) is 8.25. The minimum absolute atomic E-state index is 0.440. The van der Waals surface area contributed by atoms with Gasteiger partial charge >= 0.3 is 0 Å². The number of rotatable bonds is 9. The minimum atomic E-state index is -2.08. The quantitative estimate of drug-likeness (QED) is 0.213. The van der Waals surface area contributed by atoms with Crippen molar-refractivity contribution in [3.8, 4) is 34.5 Å². The van der Waals surface area contributed by atoms with Gasteiger partial charge in [0.2, 0.25) is 6.16 Å². The molecule has 0 atom stereocenters. The molecule has 0 aliphatic rings. The van der Waals surface area contributed by atoms with E-state index in [9.17, 15) is 0 Å². The molecule has 0 saturated heterocycles. The first-order chi connectivity index (χ1) is 23.7. The van der Waals surface area contributed by atoms with Crippen molar-refractivity contribution in [2.75, 3.05) is 0 Å². The lowest BCUT2D eigenvalue weighted by Crippen LogP contribution is -2.29. The lowest BCUT2D eigenvalue weighted by molar-refractivity contribution is -0.275. The Balaban J connectivity index is 0.00000231. The molecule has 0 fully saturated rings. The Morgan fingerprint density at radius 2 is 0.698 bits per heavy atom. The van der Waals surface area contributed by atoms with Crippen molar-refractivity contribution in [3.63, 3.8) is 0 Å². The first-order valence-electron chi connectivity index (χ1n) is 17.9. The fourth-order valence-electron chi connectivity index (χ4n) is 4.85. The van der Waals surface area contributed by atoms with Gasteiger partial charge in [-0.05, 0) is 137 Å². The van der Waals surface area contributed by atoms with Gasteiger partial charge in [0.05, 0.1) is 0 Å². The summed E-state index contributed by atoms with van der Waals surface area (Å²) in [4.78, 5) is 11.2. The van der Waals surface area contributed by atoms with Crippen molar-refractivity contribution in [1.82, 2.24) is 0 Å². The van der Waals surface area contributed by atoms with Gasteiger partial charge in [-0.15, -0.1) is 0 Å². The van der Waals surface area contributed by atoms with Crippen LogP contribution in [0.1, 0.15) is 125 Å². The van der Waals surface area contributed by atoms with Gasteiger partial charge in [-0.1, -0.05) is 18.2 Å². The molecule has 0 spiro atoms. The molecule has 0 unspecified atom stereocenters. The highest BCUT2D eigenvalue weighted by molar-refractivity contribution is 7.97. The van der Waals surface area contributed by atoms with E-state index >= 15 is 0 Å². The van der Waals surface area contributed by atoms with Crippen LogP contribution in [0.2, 0.25) is 0 Å². The maximum Gasteiger partial charge on any atom is 0.250 e. The van der Waals surface area contributed by atoms with E-state index in [2.05, 4.69) is 107 Å². The number of carboxylic acid groups (broad SMARTS) is 2. The molecule has 0 heterocycles. The van der Waals surface area contributed by atoms with Gasteiger partial charge in [0.1, 0.15) is 56.0 Å². The second-order valence-electron chi connectivity index (χ2n) is 18.7. The van der Waals surface area contributed by atoms with Crippen LogP contribution in [0.3, 0.4) is 0 Å². The first kappa shape index (κ1) is 45.2. The van der Waals surface area contributed by atoms with E-state index in [-0.39, 0.29) is 0 Å². The highest BCUT2D eigenvalue weighted by atomic mass is 32.2. The molecule has 3 aromatic carbocycles. The van der Waals surface area contributed by atoms with E-state index < -0.39 is 50.7 Å². The zero-order chi connectivity index (χ0) is 41.0. The number of carbonyl (C=O) groups is 1. The molecule has 3 aromatic rings. The van der Waals surface area contributed by atoms with Crippen molar-refractivity contribution < 1.29 is 43.4 Å². The summed E-state index contributed by atoms with van der Waals surface area (Å²) in [5, 5.41) is 15.3. The van der Waals surface area contributed by atoms with Crippen LogP contribution in [0.4, 0.5) is 4.79 Å². The summed E-state index contributed by atoms with van der Waals surface area (Å²) >= 11 is 0. The van der Waals surface area contributed by atoms with Crippen LogP contribution in [0.5, 0.6) is 34.5 Å². The Morgan fingerprint density at radius 1 is 0.472 bits per heavy atom. The molecule has 1 N–H and O–H groups in total. The molecule has 3 rings (SSSR count). The zero-order valence-electron chi connectivity index (χ0n) is 35.3. The van der Waals surface area contributed by atoms with Crippen LogP contribution in [-0.4, -0.2) is 44.9 Å². The van der Waals surface area contributed by atoms with Crippen LogP contribution in [-0.2, 0) is 10.9 Å². The van der Waals surface area contributed by atoms with Crippen molar-refractivity contribution in [2.45, 2.75) is 173 Å². The van der Waals surface area contributed by atoms with E-state index in [4.69, 9.17) is 43.4 Å². The first-order valence-corrected chi connectivity index (χ1v) is 19.1. The minimum Gasteiger partial charge on any atom is -0.565 e. The second kappa shape index (κ2) is 16.6. The summed E-state index contributed by atoms with van der Waals surface area (Å²) in [6, 6.07) is 18.4. The Morgan fingerprint density at radius 3 is 0.906 bits per heavy atom. The lowest BCUT2D eigenvalue weighted by Gasteiger charge is -2.31. The predicted octanol–water partition coefficient (Wildman–Crippen LogP) is 10.7. The number of hydrogen-bond acceptors (Lipinski definition) is 8. The summed E-state index contributed by atoms with van der Waals surface area (Å²) in [6.07, 6.45) is -2.08. The van der Waals surface area contributed by atoms with Crippen LogP contribution < -0.4 is 33.5 Å². The fourth-order valence-corrected chi connectivity index (χ4v) is 7.16. The smallest absolute Gasteiger partial charge is 0.250 e. The van der Waals surface area contributed by atoms with Gasteiger partial charge in [0.25, 0.3) is 9.79 Å². The lowest BCUT2D eigenvalue weighted by atomic mass is 10.1. The van der Waals surface area contributed by atoms with E-state index in [0.29, 0.717) is 34.5 Å². The van der Waals surface area contributed by atoms with Crippen molar-refractivity contribution in [2.24, 2.45) is 0 Å². The normalized spacial score (nSPS) is 12.7. The Labute approximate surface area is 321 Å². The van der Waals surface area contributed by atoms with E-state index in [1.165, 1.54) is 0 Å². The van der Waals surface area contributed by atoms with Crippen LogP contribution in [0.15, 0.2) is 69.3 Å². The average molecular weight is 757 g/mol. The molecule has 9 nitrogen and oxygen atoms in total. The summed E-state index contributed by atoms with van der Waals surface area (Å²) in [5.74, 6) is 3.99. The van der Waals surface area contributed by atoms with Crippen molar-refractivity contribution >= 4 is 17.1 Å². The number of benzene rings is 3. The zero-order valence-corrected chi connectivity index (χ0v) is 36.1. The maximum absolute atomic E-state index is 8.44. The summed E-state index contributed by atoms with van der Waals surface area (Å²) in [5.41, 5.74) is -2.99. The van der Waals surface area contributed by atoms with Gasteiger partial charge < -0.3 is 43.4 Å². The molecule has 10 heteroatoms. The van der Waals surface area contributed by atoms with Gasteiger partial charge in [-0.2, -0.15) is 0 Å². The third kappa shape index (κ3) is 16.7. The maximum atomic E-state index is 8.44. The van der Waals surface area contributed by atoms with Crippen molar-refractivity contribution in [1.29, 1.82) is 0 Å². The topological polar surface area (TPSA) is 116 Å². The Kier molecular flexibility index (Phi) is 14.2. The fraction of sp³-hybridized carbons (Fsp3) is 0.558. The van der Waals surface area contributed by atoms with Crippen LogP contribution in [0, 0.1) is 0 Å². The summed E-state index contributed by atoms with van der Waals surface area (Å²) in [7, 11) is -0.874. The Bertz CT molecular complexity index is 1480. The van der Waals surface area contributed by atoms with E-state index in [1.54, 1.807) is 0 Å². The van der Waals surface area contributed by atoms with Crippen LogP contribution >= 0.6 is 0 Å². The molecule has 0 radical (unpaired) electrons. The molecule has 0 bridgehead atoms. The molecule has 0 aliphatic carbocycles. The van der Waals surface area contributed by atoms with Gasteiger partial charge in [0.15, 0.2) is 27.9 Å². The monoisotopic (exact) mass is 756 g/mol. The molecule has 53 heavy (non-hydrogen) atoms.